The van der Waals surface area contributed by atoms with Crippen LogP contribution in [0.5, 0.6) is 0 Å². The lowest BCUT2D eigenvalue weighted by Gasteiger charge is -2.02. The average molecular weight is 226 g/mol. The molecule has 1 aromatic carbocycles. The summed E-state index contributed by atoms with van der Waals surface area (Å²) in [4.78, 5) is 0. The molecule has 0 atom stereocenters. The van der Waals surface area contributed by atoms with Gasteiger partial charge < -0.3 is 0 Å². The molecule has 1 aliphatic rings. The standard InChI is InChI=1S/C13H14N4/c1-2-6-11(7-3-1)10-12-8-4-5-9-17-13(12)14-15-16-17/h1-3,6-7,10H,4-5,8-9H2/b12-10+. The predicted molar refractivity (Wildman–Crippen MR) is 66.0 cm³/mol. The fraction of sp³-hybridized carbons (Fsp3) is 0.308. The molecule has 0 aliphatic carbocycles. The smallest absolute Gasteiger partial charge is 0.177 e. The zero-order valence-electron chi connectivity index (χ0n) is 9.58. The van der Waals surface area contributed by atoms with E-state index in [0.29, 0.717) is 0 Å². The summed E-state index contributed by atoms with van der Waals surface area (Å²) in [6, 6.07) is 10.3. The number of nitrogens with zero attached hydrogens (tertiary/aromatic N) is 4. The Balaban J connectivity index is 2.01. The number of hydrogen-bond donors (Lipinski definition) is 0. The molecule has 0 spiro atoms. The average Bonchev–Trinajstić information content (AvgIpc) is 2.75. The first-order chi connectivity index (χ1) is 8.43. The van der Waals surface area contributed by atoms with E-state index in [0.717, 1.165) is 25.2 Å². The zero-order valence-corrected chi connectivity index (χ0v) is 9.58. The molecule has 86 valence electrons. The minimum atomic E-state index is 0.923. The van der Waals surface area contributed by atoms with Crippen LogP contribution in [0.3, 0.4) is 0 Å². The maximum Gasteiger partial charge on any atom is 0.177 e. The summed E-state index contributed by atoms with van der Waals surface area (Å²) < 4.78 is 1.90. The summed E-state index contributed by atoms with van der Waals surface area (Å²) in [5.74, 6) is 0.923. The number of allylic oxidation sites excluding steroid dienone is 1. The first-order valence-corrected chi connectivity index (χ1v) is 5.96. The number of benzene rings is 1. The topological polar surface area (TPSA) is 43.6 Å². The van der Waals surface area contributed by atoms with Crippen molar-refractivity contribution < 1.29 is 0 Å². The number of rotatable bonds is 1. The van der Waals surface area contributed by atoms with Gasteiger partial charge in [0.1, 0.15) is 0 Å². The van der Waals surface area contributed by atoms with E-state index in [9.17, 15) is 0 Å². The Morgan fingerprint density at radius 1 is 1.12 bits per heavy atom. The molecular formula is C13H14N4. The lowest BCUT2D eigenvalue weighted by atomic mass is 10.1. The van der Waals surface area contributed by atoms with E-state index in [1.807, 2.05) is 22.9 Å². The van der Waals surface area contributed by atoms with Crippen molar-refractivity contribution in [2.24, 2.45) is 0 Å². The third-order valence-electron chi connectivity index (χ3n) is 3.03. The lowest BCUT2D eigenvalue weighted by molar-refractivity contribution is 0.556. The molecule has 0 bridgehead atoms. The van der Waals surface area contributed by atoms with Crippen LogP contribution in [0.2, 0.25) is 0 Å². The summed E-state index contributed by atoms with van der Waals surface area (Å²) in [6.45, 7) is 0.925. The predicted octanol–water partition coefficient (Wildman–Crippen LogP) is 2.40. The summed E-state index contributed by atoms with van der Waals surface area (Å²) >= 11 is 0. The number of aromatic nitrogens is 4. The largest absolute Gasteiger partial charge is 0.226 e. The Morgan fingerprint density at radius 2 is 2.00 bits per heavy atom. The Bertz CT molecular complexity index is 527. The van der Waals surface area contributed by atoms with Crippen LogP contribution in [0.4, 0.5) is 0 Å². The maximum atomic E-state index is 4.13. The van der Waals surface area contributed by atoms with E-state index in [4.69, 9.17) is 0 Å². The van der Waals surface area contributed by atoms with Gasteiger partial charge in [-0.25, -0.2) is 4.68 Å². The normalized spacial score (nSPS) is 17.8. The van der Waals surface area contributed by atoms with Gasteiger partial charge in [-0.2, -0.15) is 0 Å². The second kappa shape index (κ2) is 4.49. The van der Waals surface area contributed by atoms with Crippen molar-refractivity contribution in [3.8, 4) is 0 Å². The van der Waals surface area contributed by atoms with Crippen molar-refractivity contribution in [2.75, 3.05) is 0 Å². The fourth-order valence-electron chi connectivity index (χ4n) is 2.16. The quantitative estimate of drug-likeness (QED) is 0.750. The van der Waals surface area contributed by atoms with Gasteiger partial charge in [-0.15, -0.1) is 5.10 Å². The Labute approximate surface area is 100.0 Å². The summed E-state index contributed by atoms with van der Waals surface area (Å²) in [5.41, 5.74) is 2.44. The van der Waals surface area contributed by atoms with E-state index in [1.54, 1.807) is 0 Å². The molecule has 0 amide bonds. The van der Waals surface area contributed by atoms with Crippen LogP contribution in [0.1, 0.15) is 30.7 Å². The van der Waals surface area contributed by atoms with E-state index in [-0.39, 0.29) is 0 Å². The Kier molecular flexibility index (Phi) is 2.69. The molecule has 2 aromatic rings. The van der Waals surface area contributed by atoms with Gasteiger partial charge in [-0.3, -0.25) is 0 Å². The maximum absolute atomic E-state index is 4.13. The van der Waals surface area contributed by atoms with Gasteiger partial charge in [-0.05, 0) is 46.9 Å². The number of hydrogen-bond acceptors (Lipinski definition) is 3. The van der Waals surface area contributed by atoms with Crippen molar-refractivity contribution in [1.82, 2.24) is 20.2 Å². The Morgan fingerprint density at radius 3 is 2.88 bits per heavy atom. The number of tetrazole rings is 1. The van der Waals surface area contributed by atoms with Crippen LogP contribution in [-0.2, 0) is 6.54 Å². The van der Waals surface area contributed by atoms with E-state index in [1.165, 1.54) is 17.6 Å². The molecule has 0 N–H and O–H groups in total. The first-order valence-electron chi connectivity index (χ1n) is 5.96. The second-order valence-corrected chi connectivity index (χ2v) is 4.26. The number of fused-ring (bicyclic) bond motifs is 1. The molecule has 0 unspecified atom stereocenters. The van der Waals surface area contributed by atoms with Gasteiger partial charge in [0.05, 0.1) is 0 Å². The minimum Gasteiger partial charge on any atom is -0.226 e. The summed E-state index contributed by atoms with van der Waals surface area (Å²) in [6.07, 6.45) is 5.57. The number of aryl methyl sites for hydroxylation is 1. The summed E-state index contributed by atoms with van der Waals surface area (Å²) in [7, 11) is 0. The van der Waals surface area contributed by atoms with Crippen molar-refractivity contribution in [1.29, 1.82) is 0 Å². The van der Waals surface area contributed by atoms with Crippen LogP contribution >= 0.6 is 0 Å². The lowest BCUT2D eigenvalue weighted by Crippen LogP contribution is -2.02. The zero-order chi connectivity index (χ0) is 11.5. The minimum absolute atomic E-state index is 0.923. The molecule has 4 nitrogen and oxygen atoms in total. The molecule has 0 radical (unpaired) electrons. The molecule has 4 heteroatoms. The molecule has 1 aliphatic heterocycles. The van der Waals surface area contributed by atoms with Crippen LogP contribution in [-0.4, -0.2) is 20.2 Å². The van der Waals surface area contributed by atoms with Gasteiger partial charge >= 0.3 is 0 Å². The highest BCUT2D eigenvalue weighted by atomic mass is 15.5. The third kappa shape index (κ3) is 2.11. The SMILES string of the molecule is C(=C1/CCCCn2nnnc21)/c1ccccc1. The fourth-order valence-corrected chi connectivity index (χ4v) is 2.16. The monoisotopic (exact) mass is 226 g/mol. The highest BCUT2D eigenvalue weighted by Gasteiger charge is 2.15. The van der Waals surface area contributed by atoms with Gasteiger partial charge in [0, 0.05) is 6.54 Å². The van der Waals surface area contributed by atoms with E-state index in [2.05, 4.69) is 33.7 Å². The molecular weight excluding hydrogens is 212 g/mol. The first kappa shape index (κ1) is 10.2. The van der Waals surface area contributed by atoms with Crippen molar-refractivity contribution in [2.45, 2.75) is 25.8 Å². The highest BCUT2D eigenvalue weighted by molar-refractivity contribution is 5.78. The summed E-state index contributed by atoms with van der Waals surface area (Å²) in [5, 5.41) is 11.9. The second-order valence-electron chi connectivity index (χ2n) is 4.26. The van der Waals surface area contributed by atoms with Crippen LogP contribution in [0, 0.1) is 0 Å². The van der Waals surface area contributed by atoms with Crippen LogP contribution in [0.15, 0.2) is 30.3 Å². The molecule has 0 fully saturated rings. The van der Waals surface area contributed by atoms with Crippen LogP contribution < -0.4 is 0 Å². The van der Waals surface area contributed by atoms with Gasteiger partial charge in [0.25, 0.3) is 0 Å². The molecule has 0 saturated carbocycles. The van der Waals surface area contributed by atoms with Crippen molar-refractivity contribution >= 4 is 11.6 Å². The molecule has 3 rings (SSSR count). The van der Waals surface area contributed by atoms with Gasteiger partial charge in [0.15, 0.2) is 5.82 Å². The van der Waals surface area contributed by atoms with Crippen LogP contribution in [0.25, 0.3) is 11.6 Å². The van der Waals surface area contributed by atoms with E-state index < -0.39 is 0 Å². The van der Waals surface area contributed by atoms with Gasteiger partial charge in [0.2, 0.25) is 0 Å². The molecule has 2 heterocycles. The molecule has 1 aromatic heterocycles. The molecule has 0 saturated heterocycles. The van der Waals surface area contributed by atoms with Crippen molar-refractivity contribution in [3.05, 3.63) is 41.7 Å². The molecule has 17 heavy (non-hydrogen) atoms. The van der Waals surface area contributed by atoms with Gasteiger partial charge in [-0.1, -0.05) is 30.3 Å². The Hall–Kier alpha value is -1.97. The third-order valence-corrected chi connectivity index (χ3v) is 3.03. The van der Waals surface area contributed by atoms with E-state index >= 15 is 0 Å². The highest BCUT2D eigenvalue weighted by Crippen LogP contribution is 2.24. The van der Waals surface area contributed by atoms with Crippen molar-refractivity contribution in [3.63, 3.8) is 0 Å².